The van der Waals surface area contributed by atoms with Crippen LogP contribution in [0.1, 0.15) is 32.1 Å². The highest BCUT2D eigenvalue weighted by atomic mass is 16.3. The molecule has 218 valence electrons. The van der Waals surface area contributed by atoms with Crippen LogP contribution in [0.2, 0.25) is 0 Å². The van der Waals surface area contributed by atoms with Crippen LogP contribution in [0.25, 0.3) is 27.8 Å². The molecule has 1 aliphatic carbocycles. The lowest BCUT2D eigenvalue weighted by molar-refractivity contribution is -0.137. The Morgan fingerprint density at radius 2 is 1.64 bits per heavy atom. The Kier molecular flexibility index (Phi) is 6.82. The van der Waals surface area contributed by atoms with E-state index in [4.69, 9.17) is 0 Å². The number of aromatic nitrogens is 4. The largest absolute Gasteiger partial charge is 0.388 e. The molecule has 2 N–H and O–H groups in total. The van der Waals surface area contributed by atoms with E-state index >= 15 is 0 Å². The van der Waals surface area contributed by atoms with E-state index in [0.717, 1.165) is 49.2 Å². The first-order chi connectivity index (χ1) is 20.4. The number of carbonyl (C=O) groups is 1. The number of piperidine rings is 1. The Morgan fingerprint density at radius 3 is 2.26 bits per heavy atom. The minimum absolute atomic E-state index is 0.146. The molecule has 2 aliphatic heterocycles. The number of fused-ring (bicyclic) bond motifs is 1. The lowest BCUT2D eigenvalue weighted by atomic mass is 9.91. The first-order valence-electron chi connectivity index (χ1n) is 15.0. The van der Waals surface area contributed by atoms with Gasteiger partial charge in [0, 0.05) is 43.8 Å². The quantitative estimate of drug-likeness (QED) is 0.354. The average molecular weight is 568 g/mol. The number of likely N-dealkylation sites (N-methyl/N-ethyl adjacent to an activating group) is 1. The fourth-order valence-corrected chi connectivity index (χ4v) is 6.35. The van der Waals surface area contributed by atoms with E-state index in [1.54, 1.807) is 10.9 Å². The predicted molar refractivity (Wildman–Crippen MR) is 162 cm³/mol. The van der Waals surface area contributed by atoms with Gasteiger partial charge in [-0.15, -0.1) is 0 Å². The zero-order chi connectivity index (χ0) is 28.8. The van der Waals surface area contributed by atoms with E-state index in [1.807, 2.05) is 24.1 Å². The van der Waals surface area contributed by atoms with Crippen LogP contribution < -0.4 is 15.8 Å². The van der Waals surface area contributed by atoms with E-state index in [0.29, 0.717) is 43.0 Å². The summed E-state index contributed by atoms with van der Waals surface area (Å²) in [5, 5.41) is 19.5. The van der Waals surface area contributed by atoms with Gasteiger partial charge in [0.25, 0.3) is 5.56 Å². The van der Waals surface area contributed by atoms with E-state index in [1.165, 1.54) is 16.6 Å². The number of likely N-dealkylation sites (tertiary alicyclic amines) is 1. The highest BCUT2D eigenvalue weighted by molar-refractivity contribution is 5.81. The van der Waals surface area contributed by atoms with Crippen molar-refractivity contribution in [1.82, 2.24) is 29.5 Å². The topological polar surface area (TPSA) is 109 Å². The molecular weight excluding hydrogens is 530 g/mol. The molecule has 3 fully saturated rings. The standard InChI is InChI=1S/C32H37N7O3/c1-33-25-12-15-37(19-25)26-8-4-22(5-9-26)23-6-10-27(11-7-23)39-29-28(18-35-39)31(41)38(21-34-29)20-32(42)13-16-36(17-14-32)30(40)24-2-3-24/h4-11,18,21,24-25,33,42H,2-3,12-17,19-20H2,1H3/t25-/m0/s1. The molecule has 0 unspecified atom stereocenters. The van der Waals surface area contributed by atoms with Gasteiger partial charge in [-0.2, -0.15) is 5.10 Å². The summed E-state index contributed by atoms with van der Waals surface area (Å²) in [5.41, 5.74) is 3.51. The lowest BCUT2D eigenvalue weighted by Crippen LogP contribution is -2.50. The molecule has 0 bridgehead atoms. The van der Waals surface area contributed by atoms with Crippen LogP contribution in [-0.4, -0.2) is 80.1 Å². The maximum atomic E-state index is 13.3. The molecule has 0 spiro atoms. The van der Waals surface area contributed by atoms with Gasteiger partial charge >= 0.3 is 0 Å². The van der Waals surface area contributed by atoms with Crippen LogP contribution in [0.3, 0.4) is 0 Å². The summed E-state index contributed by atoms with van der Waals surface area (Å²) in [4.78, 5) is 34.6. The SMILES string of the molecule is CN[C@H]1CCN(c2ccc(-c3ccc(-n4ncc5c(=O)n(CC6(O)CCN(C(=O)C7CC7)CC6)cnc54)cc3)cc2)C1. The monoisotopic (exact) mass is 567 g/mol. The second-order valence-corrected chi connectivity index (χ2v) is 12.1. The third kappa shape index (κ3) is 5.09. The third-order valence-corrected chi connectivity index (χ3v) is 9.23. The van der Waals surface area contributed by atoms with Crippen molar-refractivity contribution in [3.8, 4) is 16.8 Å². The molecule has 0 radical (unpaired) electrons. The maximum Gasteiger partial charge on any atom is 0.264 e. The van der Waals surface area contributed by atoms with Gasteiger partial charge in [0.2, 0.25) is 5.91 Å². The van der Waals surface area contributed by atoms with Gasteiger partial charge in [0.05, 0.1) is 24.0 Å². The number of nitrogens with one attached hydrogen (secondary N) is 1. The normalized spacial score (nSPS) is 20.4. The van der Waals surface area contributed by atoms with Crippen molar-refractivity contribution < 1.29 is 9.90 Å². The van der Waals surface area contributed by atoms with Gasteiger partial charge in [-0.3, -0.25) is 14.2 Å². The summed E-state index contributed by atoms with van der Waals surface area (Å²) >= 11 is 0. The van der Waals surface area contributed by atoms with Crippen LogP contribution in [0.5, 0.6) is 0 Å². The molecule has 1 saturated carbocycles. The van der Waals surface area contributed by atoms with Gasteiger partial charge < -0.3 is 20.2 Å². The van der Waals surface area contributed by atoms with Crippen molar-refractivity contribution in [3.05, 3.63) is 71.4 Å². The molecule has 7 rings (SSSR count). The Balaban J connectivity index is 1.05. The number of anilines is 1. The first kappa shape index (κ1) is 26.9. The van der Waals surface area contributed by atoms with Crippen molar-refractivity contribution >= 4 is 22.6 Å². The van der Waals surface area contributed by atoms with Gasteiger partial charge in [-0.25, -0.2) is 9.67 Å². The Morgan fingerprint density at radius 1 is 0.976 bits per heavy atom. The average Bonchev–Trinajstić information content (AvgIpc) is 3.59. The van der Waals surface area contributed by atoms with Crippen molar-refractivity contribution in [2.75, 3.05) is 38.1 Å². The Labute approximate surface area is 244 Å². The van der Waals surface area contributed by atoms with Gasteiger partial charge in [-0.05, 0) is 74.5 Å². The van der Waals surface area contributed by atoms with Crippen molar-refractivity contribution in [2.24, 2.45) is 5.92 Å². The number of rotatable bonds is 7. The molecule has 2 aromatic carbocycles. The van der Waals surface area contributed by atoms with Crippen molar-refractivity contribution in [2.45, 2.75) is 50.3 Å². The molecule has 1 amide bonds. The summed E-state index contributed by atoms with van der Waals surface area (Å²) in [6, 6.07) is 17.3. The highest BCUT2D eigenvalue weighted by Gasteiger charge is 2.39. The van der Waals surface area contributed by atoms with Crippen LogP contribution >= 0.6 is 0 Å². The number of amides is 1. The number of hydrogen-bond acceptors (Lipinski definition) is 7. The Hall–Kier alpha value is -4.02. The van der Waals surface area contributed by atoms with Crippen LogP contribution in [-0.2, 0) is 11.3 Å². The number of carbonyl (C=O) groups excluding carboxylic acids is 1. The summed E-state index contributed by atoms with van der Waals surface area (Å²) < 4.78 is 3.15. The highest BCUT2D eigenvalue weighted by Crippen LogP contribution is 2.33. The minimum atomic E-state index is -1.05. The van der Waals surface area contributed by atoms with Crippen molar-refractivity contribution in [3.63, 3.8) is 0 Å². The lowest BCUT2D eigenvalue weighted by Gasteiger charge is -2.38. The molecule has 4 aromatic rings. The fraction of sp³-hybridized carbons (Fsp3) is 0.438. The summed E-state index contributed by atoms with van der Waals surface area (Å²) in [6.07, 6.45) is 7.05. The molecule has 4 heterocycles. The smallest absolute Gasteiger partial charge is 0.264 e. The molecule has 42 heavy (non-hydrogen) atoms. The van der Waals surface area contributed by atoms with E-state index < -0.39 is 5.60 Å². The number of benzene rings is 2. The molecular formula is C32H37N7O3. The van der Waals surface area contributed by atoms with Gasteiger partial charge in [0.1, 0.15) is 11.7 Å². The van der Waals surface area contributed by atoms with Crippen LogP contribution in [0.4, 0.5) is 5.69 Å². The number of hydrogen-bond donors (Lipinski definition) is 2. The van der Waals surface area contributed by atoms with Gasteiger partial charge in [0.15, 0.2) is 5.65 Å². The number of aliphatic hydroxyl groups is 1. The molecule has 2 saturated heterocycles. The zero-order valence-electron chi connectivity index (χ0n) is 23.9. The molecule has 2 aromatic heterocycles. The third-order valence-electron chi connectivity index (χ3n) is 9.23. The second kappa shape index (κ2) is 10.7. The maximum absolute atomic E-state index is 13.3. The minimum Gasteiger partial charge on any atom is -0.388 e. The summed E-state index contributed by atoms with van der Waals surface area (Å²) in [5.74, 6) is 0.382. The predicted octanol–water partition coefficient (Wildman–Crippen LogP) is 2.81. The number of nitrogens with zero attached hydrogens (tertiary/aromatic N) is 6. The first-order valence-corrected chi connectivity index (χ1v) is 15.0. The molecule has 1 atom stereocenters. The van der Waals surface area contributed by atoms with E-state index in [-0.39, 0.29) is 23.9 Å². The summed E-state index contributed by atoms with van der Waals surface area (Å²) in [6.45, 7) is 3.28. The zero-order valence-corrected chi connectivity index (χ0v) is 23.9. The molecule has 3 aliphatic rings. The van der Waals surface area contributed by atoms with Crippen LogP contribution in [0, 0.1) is 5.92 Å². The van der Waals surface area contributed by atoms with E-state index in [9.17, 15) is 14.7 Å². The Bertz CT molecular complexity index is 1650. The molecule has 10 nitrogen and oxygen atoms in total. The molecule has 10 heteroatoms. The van der Waals surface area contributed by atoms with Crippen molar-refractivity contribution in [1.29, 1.82) is 0 Å². The summed E-state index contributed by atoms with van der Waals surface area (Å²) in [7, 11) is 2.02. The van der Waals surface area contributed by atoms with Crippen LogP contribution in [0.15, 0.2) is 65.8 Å². The van der Waals surface area contributed by atoms with E-state index in [2.05, 4.69) is 56.7 Å². The van der Waals surface area contributed by atoms with Gasteiger partial charge in [-0.1, -0.05) is 24.3 Å². The second-order valence-electron chi connectivity index (χ2n) is 12.1. The fourth-order valence-electron chi connectivity index (χ4n) is 6.35.